The van der Waals surface area contributed by atoms with Crippen LogP contribution in [0.2, 0.25) is 0 Å². The first-order chi connectivity index (χ1) is 8.08. The van der Waals surface area contributed by atoms with Gasteiger partial charge in [-0.05, 0) is 12.1 Å². The van der Waals surface area contributed by atoms with E-state index in [1.807, 2.05) is 4.72 Å². The van der Waals surface area contributed by atoms with Gasteiger partial charge in [-0.1, -0.05) is 18.2 Å². The lowest BCUT2D eigenvalue weighted by molar-refractivity contribution is 0.236. The third-order valence-corrected chi connectivity index (χ3v) is 3.74. The normalized spacial score (nSPS) is 16.0. The molecule has 1 aliphatic heterocycles. The van der Waals surface area contributed by atoms with Gasteiger partial charge in [0.25, 0.3) is 10.0 Å². The Morgan fingerprint density at radius 3 is 2.41 bits per heavy atom. The van der Waals surface area contributed by atoms with E-state index in [0.29, 0.717) is 13.1 Å². The molecule has 0 aliphatic carbocycles. The van der Waals surface area contributed by atoms with E-state index < -0.39 is 16.1 Å². The van der Waals surface area contributed by atoms with Gasteiger partial charge in [0.1, 0.15) is 0 Å². The smallest absolute Gasteiger partial charge is 0.329 e. The van der Waals surface area contributed by atoms with E-state index in [9.17, 15) is 13.2 Å². The van der Waals surface area contributed by atoms with E-state index in [-0.39, 0.29) is 10.9 Å². The van der Waals surface area contributed by atoms with Crippen molar-refractivity contribution >= 4 is 16.1 Å². The number of sulfonamides is 1. The maximum atomic E-state index is 11.7. The van der Waals surface area contributed by atoms with Gasteiger partial charge in [0.2, 0.25) is 0 Å². The summed E-state index contributed by atoms with van der Waals surface area (Å²) in [7, 11) is -3.77. The van der Waals surface area contributed by atoms with Gasteiger partial charge < -0.3 is 10.6 Å². The summed E-state index contributed by atoms with van der Waals surface area (Å²) in [4.78, 5) is 11.5. The van der Waals surface area contributed by atoms with Gasteiger partial charge >= 0.3 is 6.03 Å². The van der Waals surface area contributed by atoms with Crippen molar-refractivity contribution in [2.75, 3.05) is 13.1 Å². The molecule has 6 nitrogen and oxygen atoms in total. The Bertz CT molecular complexity index is 497. The standard InChI is InChI=1S/C10H13N3O3S/c14-10(12-8-6-11-7-8)13-17(15,16)9-4-2-1-3-5-9/h1-5,8,11H,6-7H2,(H2,12,13,14). The summed E-state index contributed by atoms with van der Waals surface area (Å²) in [6.45, 7) is 1.33. The van der Waals surface area contributed by atoms with Crippen LogP contribution in [0.15, 0.2) is 35.2 Å². The number of carbonyl (C=O) groups is 1. The second kappa shape index (κ2) is 4.72. The quantitative estimate of drug-likeness (QED) is 0.688. The molecule has 0 radical (unpaired) electrons. The fourth-order valence-electron chi connectivity index (χ4n) is 1.39. The highest BCUT2D eigenvalue weighted by Crippen LogP contribution is 2.06. The Morgan fingerprint density at radius 1 is 1.24 bits per heavy atom. The number of amides is 2. The molecular weight excluding hydrogens is 242 g/mol. The molecule has 1 aromatic rings. The number of rotatable bonds is 3. The van der Waals surface area contributed by atoms with Gasteiger partial charge in [-0.2, -0.15) is 0 Å². The first kappa shape index (κ1) is 11.9. The van der Waals surface area contributed by atoms with Crippen molar-refractivity contribution in [3.05, 3.63) is 30.3 Å². The maximum Gasteiger partial charge on any atom is 0.329 e. The van der Waals surface area contributed by atoms with Gasteiger partial charge in [0.15, 0.2) is 0 Å². The van der Waals surface area contributed by atoms with Crippen LogP contribution >= 0.6 is 0 Å². The van der Waals surface area contributed by atoms with Crippen molar-refractivity contribution in [2.24, 2.45) is 0 Å². The average Bonchev–Trinajstić information content (AvgIpc) is 2.24. The predicted octanol–water partition coefficient (Wildman–Crippen LogP) is -0.354. The summed E-state index contributed by atoms with van der Waals surface area (Å²) >= 11 is 0. The topological polar surface area (TPSA) is 87.3 Å². The second-order valence-corrected chi connectivity index (χ2v) is 5.43. The minimum absolute atomic E-state index is 0.000901. The minimum atomic E-state index is -3.77. The van der Waals surface area contributed by atoms with Crippen LogP contribution < -0.4 is 15.4 Å². The summed E-state index contributed by atoms with van der Waals surface area (Å²) in [5, 5.41) is 5.52. The Kier molecular flexibility index (Phi) is 3.30. The lowest BCUT2D eigenvalue weighted by atomic mass is 10.2. The SMILES string of the molecule is O=C(NC1CNC1)NS(=O)(=O)c1ccccc1. The zero-order valence-corrected chi connectivity index (χ0v) is 9.83. The van der Waals surface area contributed by atoms with Gasteiger partial charge in [0, 0.05) is 13.1 Å². The molecule has 0 unspecified atom stereocenters. The van der Waals surface area contributed by atoms with Crippen molar-refractivity contribution in [1.29, 1.82) is 0 Å². The van der Waals surface area contributed by atoms with Gasteiger partial charge in [-0.15, -0.1) is 0 Å². The zero-order valence-electron chi connectivity index (χ0n) is 9.01. The highest BCUT2D eigenvalue weighted by molar-refractivity contribution is 7.90. The second-order valence-electron chi connectivity index (χ2n) is 3.75. The highest BCUT2D eigenvalue weighted by Gasteiger charge is 2.22. The molecule has 1 aromatic carbocycles. The monoisotopic (exact) mass is 255 g/mol. The van der Waals surface area contributed by atoms with E-state index in [1.54, 1.807) is 18.2 Å². The molecule has 17 heavy (non-hydrogen) atoms. The highest BCUT2D eigenvalue weighted by atomic mass is 32.2. The molecule has 1 heterocycles. The molecule has 2 amide bonds. The van der Waals surface area contributed by atoms with Crippen LogP contribution in [0.4, 0.5) is 4.79 Å². The number of hydrogen-bond donors (Lipinski definition) is 3. The van der Waals surface area contributed by atoms with Crippen LogP contribution in [0.3, 0.4) is 0 Å². The molecule has 7 heteroatoms. The van der Waals surface area contributed by atoms with Crippen molar-refractivity contribution in [1.82, 2.24) is 15.4 Å². The zero-order chi connectivity index (χ0) is 12.3. The number of benzene rings is 1. The molecule has 0 atom stereocenters. The lowest BCUT2D eigenvalue weighted by Gasteiger charge is -2.27. The maximum absolute atomic E-state index is 11.7. The lowest BCUT2D eigenvalue weighted by Crippen LogP contribution is -2.59. The Labute approximate surface area is 99.5 Å². The van der Waals surface area contributed by atoms with E-state index in [2.05, 4.69) is 10.6 Å². The fourth-order valence-corrected chi connectivity index (χ4v) is 2.32. The Hall–Kier alpha value is -1.60. The van der Waals surface area contributed by atoms with Gasteiger partial charge in [0.05, 0.1) is 10.9 Å². The van der Waals surface area contributed by atoms with E-state index >= 15 is 0 Å². The molecule has 3 N–H and O–H groups in total. The molecule has 0 aromatic heterocycles. The van der Waals surface area contributed by atoms with Crippen molar-refractivity contribution in [3.8, 4) is 0 Å². The molecule has 1 saturated heterocycles. The van der Waals surface area contributed by atoms with Crippen LogP contribution in [0.5, 0.6) is 0 Å². The number of hydrogen-bond acceptors (Lipinski definition) is 4. The van der Waals surface area contributed by atoms with E-state index in [1.165, 1.54) is 12.1 Å². The minimum Gasteiger partial charge on any atom is -0.332 e. The summed E-state index contributed by atoms with van der Waals surface area (Å²) in [6.07, 6.45) is 0. The van der Waals surface area contributed by atoms with E-state index in [0.717, 1.165) is 0 Å². The first-order valence-electron chi connectivity index (χ1n) is 5.17. The Balaban J connectivity index is 1.99. The first-order valence-corrected chi connectivity index (χ1v) is 6.65. The van der Waals surface area contributed by atoms with Crippen molar-refractivity contribution in [3.63, 3.8) is 0 Å². The summed E-state index contributed by atoms with van der Waals surface area (Å²) in [6, 6.07) is 7.08. The van der Waals surface area contributed by atoms with Crippen molar-refractivity contribution < 1.29 is 13.2 Å². The third-order valence-electron chi connectivity index (χ3n) is 2.40. The molecular formula is C10H13N3O3S. The summed E-state index contributed by atoms with van der Waals surface area (Å²) in [5.41, 5.74) is 0. The summed E-state index contributed by atoms with van der Waals surface area (Å²) < 4.78 is 25.5. The molecule has 2 rings (SSSR count). The number of nitrogens with one attached hydrogen (secondary N) is 3. The summed E-state index contributed by atoms with van der Waals surface area (Å²) in [5.74, 6) is 0. The van der Waals surface area contributed by atoms with Crippen LogP contribution in [0, 0.1) is 0 Å². The van der Waals surface area contributed by atoms with Crippen LogP contribution in [-0.4, -0.2) is 33.6 Å². The molecule has 0 bridgehead atoms. The van der Waals surface area contributed by atoms with Gasteiger partial charge in [-0.25, -0.2) is 17.9 Å². The fraction of sp³-hybridized carbons (Fsp3) is 0.300. The van der Waals surface area contributed by atoms with Crippen LogP contribution in [0.1, 0.15) is 0 Å². The van der Waals surface area contributed by atoms with E-state index in [4.69, 9.17) is 0 Å². The predicted molar refractivity (Wildman–Crippen MR) is 62.0 cm³/mol. The average molecular weight is 255 g/mol. The molecule has 92 valence electrons. The van der Waals surface area contributed by atoms with Crippen molar-refractivity contribution in [2.45, 2.75) is 10.9 Å². The van der Waals surface area contributed by atoms with Crippen LogP contribution in [0.25, 0.3) is 0 Å². The molecule has 1 fully saturated rings. The molecule has 1 aliphatic rings. The molecule has 0 spiro atoms. The molecule has 0 saturated carbocycles. The number of carbonyl (C=O) groups excluding carboxylic acids is 1. The third kappa shape index (κ3) is 2.95. The Morgan fingerprint density at radius 2 is 1.88 bits per heavy atom. The van der Waals surface area contributed by atoms with Gasteiger partial charge in [-0.3, -0.25) is 0 Å². The largest absolute Gasteiger partial charge is 0.332 e. The number of urea groups is 1. The van der Waals surface area contributed by atoms with Crippen LogP contribution in [-0.2, 0) is 10.0 Å².